The zero-order valence-electron chi connectivity index (χ0n) is 22.7. The topological polar surface area (TPSA) is 85.6 Å². The molecule has 0 saturated carbocycles. The predicted molar refractivity (Wildman–Crippen MR) is 144 cm³/mol. The van der Waals surface area contributed by atoms with E-state index in [2.05, 4.69) is 6.92 Å². The number of rotatable bonds is 10. The molecule has 0 aliphatic heterocycles. The van der Waals surface area contributed by atoms with Gasteiger partial charge in [-0.25, -0.2) is 9.59 Å². The molecule has 1 heterocycles. The summed E-state index contributed by atoms with van der Waals surface area (Å²) in [4.78, 5) is 37.8. The second-order valence-corrected chi connectivity index (χ2v) is 8.84. The van der Waals surface area contributed by atoms with Gasteiger partial charge < -0.3 is 15.8 Å². The number of aromatic carboxylic acids is 1. The minimum absolute atomic E-state index is 0. The van der Waals surface area contributed by atoms with Gasteiger partial charge in [0.2, 0.25) is 0 Å². The van der Waals surface area contributed by atoms with Gasteiger partial charge in [0.1, 0.15) is 12.2 Å². The molecule has 0 spiro atoms. The Morgan fingerprint density at radius 2 is 1.53 bits per heavy atom. The van der Waals surface area contributed by atoms with Crippen LogP contribution in [0.15, 0.2) is 95.8 Å². The monoisotopic (exact) mass is 519 g/mol. The maximum atomic E-state index is 13.4. The number of unbranched alkanes of at least 4 members (excludes halogenated alkanes) is 1. The maximum Gasteiger partial charge on any atom is 1.00 e. The van der Waals surface area contributed by atoms with Crippen LogP contribution in [0.3, 0.4) is 0 Å². The van der Waals surface area contributed by atoms with Gasteiger partial charge in [0.15, 0.2) is 0 Å². The summed E-state index contributed by atoms with van der Waals surface area (Å²) in [6, 6.07) is 27.0. The molecule has 0 amide bonds. The Bertz CT molecular complexity index is 1450. The standard InChI is InChI=1S/C31H29NO5.Na.H/c1-2-3-11-25-18-19-28(31(36)37-21-23-9-5-4-6-10-23)29(33)32(25)20-22-14-16-24(17-15-22)26-12-7-8-13-27(26)30(34)35;;/h4-10,12-19H,2-3,11,20-21H2,1H3,(H,34,35);;/q;+1;-1. The van der Waals surface area contributed by atoms with Crippen LogP contribution in [0.1, 0.15) is 58.7 Å². The number of carboxylic acid groups (broad SMARTS) is 1. The Morgan fingerprint density at radius 1 is 0.842 bits per heavy atom. The molecule has 4 rings (SSSR count). The number of hydrogen-bond acceptors (Lipinski definition) is 4. The number of hydrogen-bond donors (Lipinski definition) is 1. The van der Waals surface area contributed by atoms with E-state index in [4.69, 9.17) is 4.74 Å². The SMILES string of the molecule is CCCCc1ccc(C(=O)OCc2ccccc2)c(=O)n1Cc1ccc(-c2ccccc2C(=O)O)cc1.[H-].[Na+]. The average molecular weight is 520 g/mol. The molecule has 6 nitrogen and oxygen atoms in total. The first-order chi connectivity index (χ1) is 18.0. The summed E-state index contributed by atoms with van der Waals surface area (Å²) in [5.41, 5.74) is 3.83. The first-order valence-electron chi connectivity index (χ1n) is 12.3. The minimum Gasteiger partial charge on any atom is -1.00 e. The van der Waals surface area contributed by atoms with Crippen molar-refractivity contribution in [1.82, 2.24) is 4.57 Å². The Morgan fingerprint density at radius 3 is 2.21 bits per heavy atom. The van der Waals surface area contributed by atoms with E-state index in [1.54, 1.807) is 34.9 Å². The van der Waals surface area contributed by atoms with Gasteiger partial charge in [-0.15, -0.1) is 0 Å². The summed E-state index contributed by atoms with van der Waals surface area (Å²) in [6.07, 6.45) is 2.62. The number of pyridine rings is 1. The fourth-order valence-electron chi connectivity index (χ4n) is 4.22. The van der Waals surface area contributed by atoms with Crippen LogP contribution in [0.4, 0.5) is 0 Å². The summed E-state index contributed by atoms with van der Waals surface area (Å²) >= 11 is 0. The maximum absolute atomic E-state index is 13.4. The molecule has 7 heteroatoms. The Kier molecular flexibility index (Phi) is 10.7. The molecule has 0 aliphatic carbocycles. The number of aromatic nitrogens is 1. The normalized spacial score (nSPS) is 10.4. The van der Waals surface area contributed by atoms with Crippen molar-refractivity contribution in [3.8, 4) is 11.1 Å². The fraction of sp³-hybridized carbons (Fsp3) is 0.194. The molecule has 0 aliphatic rings. The third kappa shape index (κ3) is 7.10. The smallest absolute Gasteiger partial charge is 1.00 e. The first-order valence-corrected chi connectivity index (χ1v) is 12.3. The van der Waals surface area contributed by atoms with E-state index in [1.165, 1.54) is 0 Å². The fourth-order valence-corrected chi connectivity index (χ4v) is 4.22. The number of nitrogens with zero attached hydrogens (tertiary/aromatic N) is 1. The van der Waals surface area contributed by atoms with Crippen molar-refractivity contribution < 1.29 is 50.4 Å². The molecule has 0 atom stereocenters. The van der Waals surface area contributed by atoms with Crippen molar-refractivity contribution in [1.29, 1.82) is 0 Å². The minimum atomic E-state index is -0.984. The van der Waals surface area contributed by atoms with Gasteiger partial charge in [-0.2, -0.15) is 0 Å². The molecule has 4 aromatic rings. The van der Waals surface area contributed by atoms with Gasteiger partial charge in [-0.05, 0) is 53.3 Å². The molecule has 38 heavy (non-hydrogen) atoms. The van der Waals surface area contributed by atoms with E-state index in [9.17, 15) is 19.5 Å². The van der Waals surface area contributed by atoms with E-state index in [0.29, 0.717) is 12.1 Å². The molecule has 1 aromatic heterocycles. The molecule has 0 saturated heterocycles. The van der Waals surface area contributed by atoms with E-state index in [1.807, 2.05) is 60.7 Å². The van der Waals surface area contributed by atoms with Gasteiger partial charge >= 0.3 is 41.5 Å². The summed E-state index contributed by atoms with van der Waals surface area (Å²) < 4.78 is 7.05. The zero-order valence-corrected chi connectivity index (χ0v) is 23.7. The Hall–Kier alpha value is -3.45. The molecular weight excluding hydrogens is 489 g/mol. The quantitative estimate of drug-likeness (QED) is 0.257. The van der Waals surface area contributed by atoms with E-state index in [-0.39, 0.29) is 54.3 Å². The van der Waals surface area contributed by atoms with Crippen LogP contribution in [0.5, 0.6) is 0 Å². The van der Waals surface area contributed by atoms with Crippen molar-refractivity contribution in [3.05, 3.63) is 129 Å². The Balaban J connectivity index is 0.00000267. The Labute approximate surface area is 245 Å². The zero-order chi connectivity index (χ0) is 26.2. The van der Waals surface area contributed by atoms with Gasteiger partial charge in [0.25, 0.3) is 5.56 Å². The van der Waals surface area contributed by atoms with Crippen LogP contribution in [0.2, 0.25) is 0 Å². The largest absolute Gasteiger partial charge is 1.00 e. The van der Waals surface area contributed by atoms with Crippen LogP contribution in [-0.4, -0.2) is 21.6 Å². The molecular formula is C31H30NNaO5. The molecule has 3 aromatic carbocycles. The van der Waals surface area contributed by atoms with Crippen LogP contribution in [0, 0.1) is 0 Å². The summed E-state index contributed by atoms with van der Waals surface area (Å²) in [7, 11) is 0. The van der Waals surface area contributed by atoms with E-state index in [0.717, 1.165) is 41.6 Å². The molecule has 0 fully saturated rings. The van der Waals surface area contributed by atoms with Crippen molar-refractivity contribution >= 4 is 11.9 Å². The van der Waals surface area contributed by atoms with Gasteiger partial charge in [0.05, 0.1) is 12.1 Å². The van der Waals surface area contributed by atoms with Gasteiger partial charge in [-0.3, -0.25) is 4.79 Å². The number of carboxylic acids is 1. The van der Waals surface area contributed by atoms with Crippen molar-refractivity contribution in [2.75, 3.05) is 0 Å². The number of ether oxygens (including phenoxy) is 1. The summed E-state index contributed by atoms with van der Waals surface area (Å²) in [5, 5.41) is 9.51. The molecule has 0 bridgehead atoms. The van der Waals surface area contributed by atoms with Crippen LogP contribution in [-0.2, 0) is 24.3 Å². The first kappa shape index (κ1) is 29.1. The summed E-state index contributed by atoms with van der Waals surface area (Å²) in [6.45, 7) is 2.47. The van der Waals surface area contributed by atoms with Gasteiger partial charge in [-0.1, -0.05) is 86.1 Å². The van der Waals surface area contributed by atoms with Crippen molar-refractivity contribution in [2.24, 2.45) is 0 Å². The third-order valence-electron chi connectivity index (χ3n) is 6.25. The number of esters is 1. The predicted octanol–water partition coefficient (Wildman–Crippen LogP) is 3.08. The second kappa shape index (κ2) is 13.9. The van der Waals surface area contributed by atoms with E-state index >= 15 is 0 Å². The number of carbonyl (C=O) groups is 2. The molecule has 1 N–H and O–H groups in total. The van der Waals surface area contributed by atoms with Crippen LogP contribution >= 0.6 is 0 Å². The van der Waals surface area contributed by atoms with Crippen molar-refractivity contribution in [3.63, 3.8) is 0 Å². The molecule has 0 unspecified atom stereocenters. The number of benzene rings is 3. The second-order valence-electron chi connectivity index (χ2n) is 8.84. The average Bonchev–Trinajstić information content (AvgIpc) is 2.93. The van der Waals surface area contributed by atoms with Crippen LogP contribution in [0.25, 0.3) is 11.1 Å². The summed E-state index contributed by atoms with van der Waals surface area (Å²) in [5.74, 6) is -1.63. The molecule has 0 radical (unpaired) electrons. The number of carbonyl (C=O) groups excluding carboxylic acids is 1. The number of aryl methyl sites for hydroxylation is 1. The van der Waals surface area contributed by atoms with Crippen LogP contribution < -0.4 is 35.1 Å². The van der Waals surface area contributed by atoms with Crippen molar-refractivity contribution in [2.45, 2.75) is 39.3 Å². The molecule has 190 valence electrons. The third-order valence-corrected chi connectivity index (χ3v) is 6.25. The van der Waals surface area contributed by atoms with E-state index < -0.39 is 11.9 Å². The van der Waals surface area contributed by atoms with Gasteiger partial charge in [0, 0.05) is 5.69 Å².